The number of aliphatic hydroxyl groups excluding tert-OH is 1. The average molecular weight is 605 g/mol. The first kappa shape index (κ1) is 30.8. The number of aliphatic hydroxyl groups is 1. The van der Waals surface area contributed by atoms with Crippen molar-refractivity contribution in [1.29, 1.82) is 0 Å². The summed E-state index contributed by atoms with van der Waals surface area (Å²) in [6, 6.07) is 3.46. The van der Waals surface area contributed by atoms with Crippen LogP contribution in [0.5, 0.6) is 5.75 Å². The monoisotopic (exact) mass is 604 g/mol. The van der Waals surface area contributed by atoms with E-state index in [1.54, 1.807) is 27.8 Å². The predicted molar refractivity (Wildman–Crippen MR) is 152 cm³/mol. The Bertz CT molecular complexity index is 1540. The zero-order valence-corrected chi connectivity index (χ0v) is 25.4. The second kappa shape index (κ2) is 12.0. The van der Waals surface area contributed by atoms with E-state index in [0.717, 1.165) is 0 Å². The Morgan fingerprint density at radius 2 is 1.83 bits per heavy atom. The van der Waals surface area contributed by atoms with Crippen LogP contribution in [0.3, 0.4) is 0 Å². The molecule has 0 aliphatic carbocycles. The maximum Gasteiger partial charge on any atom is 0.321 e. The van der Waals surface area contributed by atoms with Crippen LogP contribution < -0.4 is 14.8 Å². The number of hydrogen-bond donors (Lipinski definition) is 3. The van der Waals surface area contributed by atoms with Crippen LogP contribution in [0.4, 0.5) is 16.2 Å². The maximum absolute atomic E-state index is 13.7. The minimum absolute atomic E-state index is 0.0841. The summed E-state index contributed by atoms with van der Waals surface area (Å²) >= 11 is 0. The lowest BCUT2D eigenvalue weighted by atomic mass is 9.99. The molecule has 3 atom stereocenters. The molecule has 15 heteroatoms. The van der Waals surface area contributed by atoms with Gasteiger partial charge in [0.15, 0.2) is 16.4 Å². The van der Waals surface area contributed by atoms with E-state index in [2.05, 4.69) is 20.4 Å². The average Bonchev–Trinajstić information content (AvgIpc) is 3.45. The second-order valence-electron chi connectivity index (χ2n) is 10.6. The quantitative estimate of drug-likeness (QED) is 0.346. The summed E-state index contributed by atoms with van der Waals surface area (Å²) in [5.74, 6) is 0.147. The van der Waals surface area contributed by atoms with Crippen LogP contribution in [0, 0.1) is 33.6 Å². The van der Waals surface area contributed by atoms with Crippen LogP contribution in [0.1, 0.15) is 47.1 Å². The number of rotatable bonds is 8. The zero-order chi connectivity index (χ0) is 30.9. The highest BCUT2D eigenvalue weighted by atomic mass is 32.2. The van der Waals surface area contributed by atoms with Gasteiger partial charge in [0, 0.05) is 25.2 Å². The van der Waals surface area contributed by atoms with Crippen molar-refractivity contribution < 1.29 is 36.9 Å². The Balaban J connectivity index is 1.64. The number of sulfonamides is 1. The summed E-state index contributed by atoms with van der Waals surface area (Å²) in [5.41, 5.74) is 1.47. The van der Waals surface area contributed by atoms with E-state index in [0.29, 0.717) is 17.1 Å². The van der Waals surface area contributed by atoms with E-state index < -0.39 is 34.1 Å². The molecule has 0 spiro atoms. The Labute approximate surface area is 244 Å². The highest BCUT2D eigenvalue weighted by Gasteiger charge is 2.35. The molecule has 0 saturated heterocycles. The molecule has 3 aromatic rings. The second-order valence-corrected chi connectivity index (χ2v) is 12.2. The molecular formula is C27H36N6O8S. The fourth-order valence-electron chi connectivity index (χ4n) is 4.79. The van der Waals surface area contributed by atoms with Crippen LogP contribution in [0.2, 0.25) is 0 Å². The number of anilines is 2. The third-order valence-electron chi connectivity index (χ3n) is 7.22. The molecule has 0 bridgehead atoms. The molecule has 3 amide bonds. The van der Waals surface area contributed by atoms with Crippen molar-refractivity contribution in [3.05, 3.63) is 46.7 Å². The van der Waals surface area contributed by atoms with Gasteiger partial charge in [-0.25, -0.2) is 13.2 Å². The van der Waals surface area contributed by atoms with Crippen LogP contribution in [-0.4, -0.2) is 84.5 Å². The first-order valence-electron chi connectivity index (χ1n) is 13.4. The van der Waals surface area contributed by atoms with Gasteiger partial charge in [0.25, 0.3) is 15.9 Å². The fraction of sp³-hybridized carbons (Fsp3) is 0.481. The van der Waals surface area contributed by atoms with Crippen LogP contribution in [-0.2, 0) is 10.0 Å². The molecule has 3 N–H and O–H groups in total. The largest absolute Gasteiger partial charge is 0.487 e. The van der Waals surface area contributed by atoms with Crippen molar-refractivity contribution in [2.45, 2.75) is 58.6 Å². The molecule has 228 valence electrons. The van der Waals surface area contributed by atoms with Gasteiger partial charge in [0.2, 0.25) is 0 Å². The summed E-state index contributed by atoms with van der Waals surface area (Å²) in [7, 11) is -2.45. The number of carbonyl (C=O) groups excluding carboxylic acids is 2. The van der Waals surface area contributed by atoms with E-state index in [1.165, 1.54) is 41.8 Å². The van der Waals surface area contributed by atoms with E-state index in [1.807, 2.05) is 6.92 Å². The zero-order valence-electron chi connectivity index (χ0n) is 24.6. The Morgan fingerprint density at radius 3 is 2.43 bits per heavy atom. The van der Waals surface area contributed by atoms with Crippen molar-refractivity contribution >= 4 is 33.3 Å². The lowest BCUT2D eigenvalue weighted by Crippen LogP contribution is -2.50. The number of amides is 3. The first-order valence-corrected chi connectivity index (χ1v) is 14.8. The van der Waals surface area contributed by atoms with Crippen molar-refractivity contribution in [2.75, 3.05) is 36.8 Å². The van der Waals surface area contributed by atoms with Gasteiger partial charge in [-0.1, -0.05) is 17.2 Å². The van der Waals surface area contributed by atoms with Gasteiger partial charge in [0.1, 0.15) is 28.9 Å². The third-order valence-corrected chi connectivity index (χ3v) is 8.84. The summed E-state index contributed by atoms with van der Waals surface area (Å²) in [5, 5.41) is 20.3. The van der Waals surface area contributed by atoms with E-state index in [4.69, 9.17) is 13.8 Å². The number of nitrogens with zero attached hydrogens (tertiary/aromatic N) is 4. The number of ether oxygens (including phenoxy) is 1. The minimum Gasteiger partial charge on any atom is -0.487 e. The van der Waals surface area contributed by atoms with E-state index in [-0.39, 0.29) is 59.0 Å². The van der Waals surface area contributed by atoms with E-state index in [9.17, 15) is 23.1 Å². The summed E-state index contributed by atoms with van der Waals surface area (Å²) in [6.45, 7) is 10.1. The van der Waals surface area contributed by atoms with Crippen molar-refractivity contribution in [2.24, 2.45) is 5.92 Å². The third kappa shape index (κ3) is 6.21. The van der Waals surface area contributed by atoms with Crippen molar-refractivity contribution in [3.8, 4) is 5.75 Å². The van der Waals surface area contributed by atoms with E-state index >= 15 is 0 Å². The Kier molecular flexibility index (Phi) is 8.82. The smallest absolute Gasteiger partial charge is 0.321 e. The molecule has 1 aromatic carbocycles. The molecule has 1 aliphatic heterocycles. The Hall–Kier alpha value is -4.11. The molecule has 42 heavy (non-hydrogen) atoms. The lowest BCUT2D eigenvalue weighted by molar-refractivity contribution is 0.0371. The standard InChI is InChI=1S/C27H36N6O8S/c1-14-11-33(15(2)13-34)26(35)21-10-20(31-42(37,38)25-17(4)30-41-19(25)6)8-9-22(21)39-23(14)12-32(7)27(36)28-24-16(3)29-40-18(24)5/h8-10,14-15,23,31,34H,11-13H2,1-7H3,(H,28,36)/t14-,15-,23+/m0/s1. The van der Waals surface area contributed by atoms with Gasteiger partial charge in [-0.3, -0.25) is 9.52 Å². The van der Waals surface area contributed by atoms with Gasteiger partial charge in [-0.15, -0.1) is 0 Å². The summed E-state index contributed by atoms with van der Waals surface area (Å²) in [6.07, 6.45) is -0.560. The van der Waals surface area contributed by atoms with Crippen LogP contribution in [0.25, 0.3) is 0 Å². The van der Waals surface area contributed by atoms with Gasteiger partial charge < -0.3 is 34.0 Å². The molecule has 3 heterocycles. The molecule has 0 fully saturated rings. The van der Waals surface area contributed by atoms with Crippen molar-refractivity contribution in [1.82, 2.24) is 20.1 Å². The number of hydrogen-bond acceptors (Lipinski definition) is 10. The number of urea groups is 1. The molecule has 0 saturated carbocycles. The fourth-order valence-corrected chi connectivity index (χ4v) is 6.17. The lowest BCUT2D eigenvalue weighted by Gasteiger charge is -2.38. The normalized spacial score (nSPS) is 18.0. The minimum atomic E-state index is -4.07. The molecule has 0 radical (unpaired) electrons. The van der Waals surface area contributed by atoms with Crippen LogP contribution in [0.15, 0.2) is 32.1 Å². The molecule has 2 aromatic heterocycles. The maximum atomic E-state index is 13.7. The number of benzene rings is 1. The molecule has 4 rings (SSSR count). The first-order chi connectivity index (χ1) is 19.7. The number of likely N-dealkylation sites (N-methyl/N-ethyl adjacent to an activating group) is 1. The molecule has 1 aliphatic rings. The summed E-state index contributed by atoms with van der Waals surface area (Å²) in [4.78, 5) is 29.6. The topological polar surface area (TPSA) is 180 Å². The van der Waals surface area contributed by atoms with Gasteiger partial charge in [0.05, 0.1) is 24.8 Å². The summed E-state index contributed by atoms with van der Waals surface area (Å²) < 4.78 is 45.1. The SMILES string of the molecule is Cc1noc(C)c1NC(=O)N(C)C[C@H]1Oc2ccc(NS(=O)(=O)c3c(C)noc3C)cc2C(=O)N([C@@H](C)CO)C[C@@H]1C. The van der Waals surface area contributed by atoms with Crippen molar-refractivity contribution in [3.63, 3.8) is 0 Å². The van der Waals surface area contributed by atoms with Crippen LogP contribution >= 0.6 is 0 Å². The molecular weight excluding hydrogens is 568 g/mol. The molecule has 0 unspecified atom stereocenters. The predicted octanol–water partition coefficient (Wildman–Crippen LogP) is 3.08. The number of fused-ring (bicyclic) bond motifs is 1. The highest BCUT2D eigenvalue weighted by molar-refractivity contribution is 7.92. The Morgan fingerprint density at radius 1 is 1.17 bits per heavy atom. The number of carbonyl (C=O) groups is 2. The van der Waals surface area contributed by atoms with Gasteiger partial charge >= 0.3 is 6.03 Å². The van der Waals surface area contributed by atoms with Gasteiger partial charge in [-0.05, 0) is 52.8 Å². The number of aromatic nitrogens is 2. The highest BCUT2D eigenvalue weighted by Crippen LogP contribution is 2.32. The molecule has 14 nitrogen and oxygen atoms in total. The number of aryl methyl sites for hydroxylation is 4. The van der Waals surface area contributed by atoms with Gasteiger partial charge in [-0.2, -0.15) is 0 Å². The number of nitrogens with one attached hydrogen (secondary N) is 2.